The molecular formula is C13H14N2O6S. The van der Waals surface area contributed by atoms with Crippen LogP contribution in [0.25, 0.3) is 5.69 Å². The summed E-state index contributed by atoms with van der Waals surface area (Å²) in [5, 5.41) is 2.58. The van der Waals surface area contributed by atoms with E-state index in [2.05, 4.69) is 5.10 Å². The Hall–Kier alpha value is -2.39. The van der Waals surface area contributed by atoms with E-state index in [9.17, 15) is 18.0 Å². The summed E-state index contributed by atoms with van der Waals surface area (Å²) in [5.41, 5.74) is -0.214. The van der Waals surface area contributed by atoms with Gasteiger partial charge in [-0.3, -0.25) is 14.4 Å². The van der Waals surface area contributed by atoms with Gasteiger partial charge in [-0.25, -0.2) is 9.48 Å². The van der Waals surface area contributed by atoms with Gasteiger partial charge in [-0.15, -0.1) is 0 Å². The lowest BCUT2D eigenvalue weighted by Gasteiger charge is -2.04. The van der Waals surface area contributed by atoms with Crippen molar-refractivity contribution in [3.8, 4) is 5.69 Å². The van der Waals surface area contributed by atoms with Gasteiger partial charge in [-0.1, -0.05) is 6.07 Å². The molecule has 0 aliphatic carbocycles. The van der Waals surface area contributed by atoms with Crippen molar-refractivity contribution in [3.63, 3.8) is 0 Å². The van der Waals surface area contributed by atoms with Crippen LogP contribution in [-0.4, -0.2) is 35.3 Å². The SMILES string of the molecule is CCOC(=O)c1[nH]n(-c2cccc(S(=O)(=O)O)c2)c(=O)c1C. The minimum Gasteiger partial charge on any atom is -0.461 e. The molecule has 2 N–H and O–H groups in total. The Morgan fingerprint density at radius 2 is 2.09 bits per heavy atom. The van der Waals surface area contributed by atoms with Crippen molar-refractivity contribution in [2.75, 3.05) is 6.61 Å². The number of benzene rings is 1. The average Bonchev–Trinajstić information content (AvgIpc) is 2.75. The van der Waals surface area contributed by atoms with E-state index in [0.717, 1.165) is 10.7 Å². The molecule has 0 atom stereocenters. The van der Waals surface area contributed by atoms with E-state index in [1.807, 2.05) is 0 Å². The predicted octanol–water partition coefficient (Wildman–Crippen LogP) is 0.897. The summed E-state index contributed by atoms with van der Waals surface area (Å²) < 4.78 is 37.2. The molecule has 22 heavy (non-hydrogen) atoms. The number of H-pyrrole nitrogens is 1. The number of nitrogens with zero attached hydrogens (tertiary/aromatic N) is 1. The van der Waals surface area contributed by atoms with Crippen LogP contribution in [0, 0.1) is 6.92 Å². The smallest absolute Gasteiger partial charge is 0.356 e. The van der Waals surface area contributed by atoms with Gasteiger partial charge in [0, 0.05) is 5.56 Å². The van der Waals surface area contributed by atoms with Crippen molar-refractivity contribution in [1.29, 1.82) is 0 Å². The van der Waals surface area contributed by atoms with Crippen LogP contribution >= 0.6 is 0 Å². The minimum atomic E-state index is -4.40. The van der Waals surface area contributed by atoms with Crippen molar-refractivity contribution >= 4 is 16.1 Å². The van der Waals surface area contributed by atoms with Crippen LogP contribution in [0.2, 0.25) is 0 Å². The van der Waals surface area contributed by atoms with E-state index in [4.69, 9.17) is 9.29 Å². The highest BCUT2D eigenvalue weighted by Crippen LogP contribution is 2.14. The lowest BCUT2D eigenvalue weighted by molar-refractivity contribution is 0.0518. The zero-order chi connectivity index (χ0) is 16.5. The van der Waals surface area contributed by atoms with E-state index in [-0.39, 0.29) is 28.4 Å². The molecule has 1 heterocycles. The van der Waals surface area contributed by atoms with Gasteiger partial charge in [0.1, 0.15) is 5.69 Å². The molecule has 0 saturated carbocycles. The van der Waals surface area contributed by atoms with Gasteiger partial charge < -0.3 is 4.74 Å². The van der Waals surface area contributed by atoms with Crippen LogP contribution in [0.15, 0.2) is 34.0 Å². The van der Waals surface area contributed by atoms with Crippen LogP contribution in [0.4, 0.5) is 0 Å². The highest BCUT2D eigenvalue weighted by atomic mass is 32.2. The highest BCUT2D eigenvalue weighted by Gasteiger charge is 2.19. The van der Waals surface area contributed by atoms with Crippen molar-refractivity contribution in [3.05, 3.63) is 45.9 Å². The second kappa shape index (κ2) is 5.78. The monoisotopic (exact) mass is 326 g/mol. The fourth-order valence-electron chi connectivity index (χ4n) is 1.89. The Balaban J connectivity index is 2.58. The number of carbonyl (C=O) groups is 1. The number of nitrogens with one attached hydrogen (secondary N) is 1. The molecule has 8 nitrogen and oxygen atoms in total. The fourth-order valence-corrected chi connectivity index (χ4v) is 2.41. The Morgan fingerprint density at radius 1 is 1.41 bits per heavy atom. The molecule has 0 bridgehead atoms. The first kappa shape index (κ1) is 16.0. The highest BCUT2D eigenvalue weighted by molar-refractivity contribution is 7.85. The number of rotatable bonds is 4. The second-order valence-electron chi connectivity index (χ2n) is 4.45. The van der Waals surface area contributed by atoms with Crippen molar-refractivity contribution < 1.29 is 22.5 Å². The number of esters is 1. The summed E-state index contributed by atoms with van der Waals surface area (Å²) in [7, 11) is -4.40. The zero-order valence-electron chi connectivity index (χ0n) is 11.9. The third kappa shape index (κ3) is 2.95. The van der Waals surface area contributed by atoms with Crippen LogP contribution < -0.4 is 5.56 Å². The number of aromatic amines is 1. The topological polar surface area (TPSA) is 118 Å². The average molecular weight is 326 g/mol. The van der Waals surface area contributed by atoms with Gasteiger partial charge in [0.15, 0.2) is 0 Å². The van der Waals surface area contributed by atoms with Gasteiger partial charge >= 0.3 is 5.97 Å². The van der Waals surface area contributed by atoms with Crippen molar-refractivity contribution in [1.82, 2.24) is 9.78 Å². The largest absolute Gasteiger partial charge is 0.461 e. The summed E-state index contributed by atoms with van der Waals surface area (Å²) in [6, 6.07) is 5.12. The number of hydrogen-bond acceptors (Lipinski definition) is 5. The van der Waals surface area contributed by atoms with Crippen LogP contribution in [0.5, 0.6) is 0 Å². The summed E-state index contributed by atoms with van der Waals surface area (Å²) >= 11 is 0. The minimum absolute atomic E-state index is 0.0101. The zero-order valence-corrected chi connectivity index (χ0v) is 12.7. The molecule has 0 saturated heterocycles. The Labute approximate surface area is 126 Å². The standard InChI is InChI=1S/C13H14N2O6S/c1-3-21-13(17)11-8(2)12(16)15(14-11)9-5-4-6-10(7-9)22(18,19)20/h4-7,14H,3H2,1-2H3,(H,18,19,20). The number of carbonyl (C=O) groups excluding carboxylic acids is 1. The van der Waals surface area contributed by atoms with Gasteiger partial charge in [-0.05, 0) is 32.0 Å². The molecule has 1 aromatic heterocycles. The molecule has 0 radical (unpaired) electrons. The van der Waals surface area contributed by atoms with Crippen LogP contribution in [0.1, 0.15) is 23.0 Å². The molecule has 1 aromatic carbocycles. The van der Waals surface area contributed by atoms with Gasteiger partial charge in [0.25, 0.3) is 15.7 Å². The van der Waals surface area contributed by atoms with Gasteiger partial charge in [0.05, 0.1) is 17.2 Å². The number of aromatic nitrogens is 2. The summed E-state index contributed by atoms with van der Waals surface area (Å²) in [6.07, 6.45) is 0. The van der Waals surface area contributed by atoms with E-state index in [0.29, 0.717) is 0 Å². The maximum absolute atomic E-state index is 12.2. The molecule has 0 amide bonds. The summed E-state index contributed by atoms with van der Waals surface area (Å²) in [4.78, 5) is 23.6. The van der Waals surface area contributed by atoms with Crippen LogP contribution in [-0.2, 0) is 14.9 Å². The fraction of sp³-hybridized carbons (Fsp3) is 0.231. The molecule has 0 fully saturated rings. The van der Waals surface area contributed by atoms with Gasteiger partial charge in [-0.2, -0.15) is 8.42 Å². The first-order valence-corrected chi connectivity index (χ1v) is 7.76. The molecule has 0 aliphatic heterocycles. The Bertz CT molecular complexity index is 878. The van der Waals surface area contributed by atoms with E-state index in [1.165, 1.54) is 25.1 Å². The quantitative estimate of drug-likeness (QED) is 0.636. The molecule has 0 spiro atoms. The summed E-state index contributed by atoms with van der Waals surface area (Å²) in [5.74, 6) is -0.679. The third-order valence-electron chi connectivity index (χ3n) is 2.98. The first-order chi connectivity index (χ1) is 10.3. The predicted molar refractivity (Wildman–Crippen MR) is 76.9 cm³/mol. The number of hydrogen-bond donors (Lipinski definition) is 2. The Morgan fingerprint density at radius 3 is 2.68 bits per heavy atom. The lowest BCUT2D eigenvalue weighted by Crippen LogP contribution is -2.16. The van der Waals surface area contributed by atoms with E-state index < -0.39 is 21.6 Å². The van der Waals surface area contributed by atoms with Crippen molar-refractivity contribution in [2.45, 2.75) is 18.7 Å². The molecular weight excluding hydrogens is 312 g/mol. The maximum Gasteiger partial charge on any atom is 0.356 e. The summed E-state index contributed by atoms with van der Waals surface area (Å²) in [6.45, 7) is 3.25. The Kier molecular flexibility index (Phi) is 4.20. The van der Waals surface area contributed by atoms with Crippen LogP contribution in [0.3, 0.4) is 0 Å². The number of ether oxygens (including phenoxy) is 1. The molecule has 2 rings (SSSR count). The molecule has 118 valence electrons. The normalized spacial score (nSPS) is 11.4. The molecule has 0 aliphatic rings. The first-order valence-electron chi connectivity index (χ1n) is 6.32. The molecule has 9 heteroatoms. The maximum atomic E-state index is 12.2. The molecule has 0 unspecified atom stereocenters. The third-order valence-corrected chi connectivity index (χ3v) is 3.83. The van der Waals surface area contributed by atoms with Gasteiger partial charge in [0.2, 0.25) is 0 Å². The molecule has 2 aromatic rings. The lowest BCUT2D eigenvalue weighted by atomic mass is 10.3. The van der Waals surface area contributed by atoms with Crippen molar-refractivity contribution in [2.24, 2.45) is 0 Å². The van der Waals surface area contributed by atoms with E-state index >= 15 is 0 Å². The van der Waals surface area contributed by atoms with E-state index in [1.54, 1.807) is 6.92 Å². The second-order valence-corrected chi connectivity index (χ2v) is 5.87.